The van der Waals surface area contributed by atoms with Gasteiger partial charge in [-0.1, -0.05) is 19.1 Å². The molecule has 0 heterocycles. The highest BCUT2D eigenvalue weighted by molar-refractivity contribution is 6.03. The molecule has 0 saturated heterocycles. The number of rotatable bonds is 10. The summed E-state index contributed by atoms with van der Waals surface area (Å²) in [6.45, 7) is 5.16. The molecule has 0 aliphatic carbocycles. The number of halogens is 3. The zero-order valence-corrected chi connectivity index (χ0v) is 18.7. The zero-order chi connectivity index (χ0) is 24.4. The van der Waals surface area contributed by atoms with Gasteiger partial charge in [0.25, 0.3) is 5.91 Å². The Kier molecular flexibility index (Phi) is 9.32. The summed E-state index contributed by atoms with van der Waals surface area (Å²) in [5, 5.41) is 4.45. The maximum atomic E-state index is 12.4. The van der Waals surface area contributed by atoms with Crippen LogP contribution in [0.1, 0.15) is 41.8 Å². The summed E-state index contributed by atoms with van der Waals surface area (Å²) in [5.74, 6) is -0.152. The van der Waals surface area contributed by atoms with Gasteiger partial charge < -0.3 is 20.1 Å². The van der Waals surface area contributed by atoms with Gasteiger partial charge in [-0.2, -0.15) is 13.2 Å². The maximum Gasteiger partial charge on any atom is 0.405 e. The van der Waals surface area contributed by atoms with Gasteiger partial charge in [0.05, 0.1) is 13.2 Å². The lowest BCUT2D eigenvalue weighted by molar-refractivity contribution is -0.123. The number of carbonyl (C=O) groups is 2. The Labute approximate surface area is 190 Å². The van der Waals surface area contributed by atoms with Gasteiger partial charge in [0.1, 0.15) is 6.54 Å². The summed E-state index contributed by atoms with van der Waals surface area (Å²) >= 11 is 0. The Balaban J connectivity index is 2.09. The molecule has 9 heteroatoms. The Morgan fingerprint density at radius 1 is 1.03 bits per heavy atom. The molecule has 2 rings (SSSR count). The second kappa shape index (κ2) is 11.9. The summed E-state index contributed by atoms with van der Waals surface area (Å²) < 4.78 is 48.2. The lowest BCUT2D eigenvalue weighted by Crippen LogP contribution is -2.33. The molecule has 33 heavy (non-hydrogen) atoms. The molecule has 0 radical (unpaired) electrons. The van der Waals surface area contributed by atoms with Crippen molar-refractivity contribution in [1.29, 1.82) is 0 Å². The highest BCUT2D eigenvalue weighted by atomic mass is 19.4. The van der Waals surface area contributed by atoms with Crippen LogP contribution in [0.4, 0.5) is 18.9 Å². The van der Waals surface area contributed by atoms with Gasteiger partial charge in [0, 0.05) is 17.3 Å². The largest absolute Gasteiger partial charge is 0.490 e. The Morgan fingerprint density at radius 3 is 2.45 bits per heavy atom. The molecule has 2 N–H and O–H groups in total. The van der Waals surface area contributed by atoms with Gasteiger partial charge >= 0.3 is 6.18 Å². The van der Waals surface area contributed by atoms with Gasteiger partial charge in [-0.3, -0.25) is 9.59 Å². The van der Waals surface area contributed by atoms with Crippen LogP contribution in [-0.2, 0) is 4.79 Å². The van der Waals surface area contributed by atoms with Crippen molar-refractivity contribution >= 4 is 23.6 Å². The van der Waals surface area contributed by atoms with Crippen LogP contribution >= 0.6 is 0 Å². The van der Waals surface area contributed by atoms with Crippen LogP contribution in [0, 0.1) is 6.92 Å². The van der Waals surface area contributed by atoms with Crippen LogP contribution < -0.4 is 20.1 Å². The molecule has 0 spiro atoms. The van der Waals surface area contributed by atoms with E-state index in [1.165, 1.54) is 18.2 Å². The Bertz CT molecular complexity index is 1000. The van der Waals surface area contributed by atoms with Crippen LogP contribution in [0.3, 0.4) is 0 Å². The van der Waals surface area contributed by atoms with Gasteiger partial charge in [-0.15, -0.1) is 0 Å². The molecule has 2 aromatic carbocycles. The maximum absolute atomic E-state index is 12.4. The molecule has 0 aliphatic rings. The quantitative estimate of drug-likeness (QED) is 0.478. The first-order valence-corrected chi connectivity index (χ1v) is 10.5. The Hall–Kier alpha value is -3.49. The number of nitrogens with one attached hydrogen (secondary N) is 2. The number of aryl methyl sites for hydroxylation is 1. The molecule has 0 aromatic heterocycles. The first-order chi connectivity index (χ1) is 15.6. The molecule has 6 nitrogen and oxygen atoms in total. The van der Waals surface area contributed by atoms with Crippen molar-refractivity contribution < 1.29 is 32.2 Å². The molecular formula is C24H27F3N2O4. The van der Waals surface area contributed by atoms with E-state index in [1.54, 1.807) is 42.6 Å². The number of amides is 2. The smallest absolute Gasteiger partial charge is 0.405 e. The third kappa shape index (κ3) is 8.51. The standard InChI is InChI=1S/C24H27F3N2O4/c1-4-12-33-20-10-7-17(13-21(20)32-5-2)8-11-22(30)29-19-14-18(9-6-16(19)3)23(31)28-15-24(25,26)27/h6-11,13-14H,4-5,12,15H2,1-3H3,(H,28,31)(H,29,30). The number of hydrogen-bond acceptors (Lipinski definition) is 4. The fourth-order valence-corrected chi connectivity index (χ4v) is 2.75. The number of benzene rings is 2. The van der Waals surface area contributed by atoms with Gasteiger partial charge in [-0.05, 0) is 61.7 Å². The third-order valence-electron chi connectivity index (χ3n) is 4.36. The van der Waals surface area contributed by atoms with E-state index < -0.39 is 24.5 Å². The second-order valence-corrected chi connectivity index (χ2v) is 7.14. The molecule has 2 amide bonds. The average molecular weight is 464 g/mol. The number of hydrogen-bond donors (Lipinski definition) is 2. The molecule has 0 atom stereocenters. The van der Waals surface area contributed by atoms with Crippen LogP contribution in [-0.4, -0.2) is 37.7 Å². The van der Waals surface area contributed by atoms with Crippen molar-refractivity contribution in [3.8, 4) is 11.5 Å². The van der Waals surface area contributed by atoms with E-state index >= 15 is 0 Å². The monoisotopic (exact) mass is 464 g/mol. The lowest BCUT2D eigenvalue weighted by Gasteiger charge is -2.12. The van der Waals surface area contributed by atoms with E-state index in [0.717, 1.165) is 12.0 Å². The number of carbonyl (C=O) groups excluding carboxylic acids is 2. The fourth-order valence-electron chi connectivity index (χ4n) is 2.75. The van der Waals surface area contributed by atoms with Gasteiger partial charge in [-0.25, -0.2) is 0 Å². The molecular weight excluding hydrogens is 437 g/mol. The SMILES string of the molecule is CCCOc1ccc(C=CC(=O)Nc2cc(C(=O)NCC(F)(F)F)ccc2C)cc1OCC. The molecule has 2 aromatic rings. The van der Waals surface area contributed by atoms with Gasteiger partial charge in [0.2, 0.25) is 5.91 Å². The summed E-state index contributed by atoms with van der Waals surface area (Å²) in [6.07, 6.45) is -0.743. The van der Waals surface area contributed by atoms with Crippen LogP contribution in [0.5, 0.6) is 11.5 Å². The third-order valence-corrected chi connectivity index (χ3v) is 4.36. The highest BCUT2D eigenvalue weighted by Crippen LogP contribution is 2.29. The van der Waals surface area contributed by atoms with Crippen molar-refractivity contribution in [2.24, 2.45) is 0 Å². The minimum Gasteiger partial charge on any atom is -0.490 e. The Morgan fingerprint density at radius 2 is 1.79 bits per heavy atom. The van der Waals surface area contributed by atoms with Crippen LogP contribution in [0.2, 0.25) is 0 Å². The molecule has 0 fully saturated rings. The topological polar surface area (TPSA) is 76.7 Å². The first-order valence-electron chi connectivity index (χ1n) is 10.5. The molecule has 0 unspecified atom stereocenters. The lowest BCUT2D eigenvalue weighted by atomic mass is 10.1. The number of alkyl halides is 3. The van der Waals surface area contributed by atoms with E-state index in [-0.39, 0.29) is 5.56 Å². The highest BCUT2D eigenvalue weighted by Gasteiger charge is 2.28. The van der Waals surface area contributed by atoms with E-state index in [9.17, 15) is 22.8 Å². The molecule has 0 aliphatic heterocycles. The minimum absolute atomic E-state index is 0.00755. The normalized spacial score (nSPS) is 11.3. The van der Waals surface area contributed by atoms with E-state index in [0.29, 0.717) is 36.0 Å². The second-order valence-electron chi connectivity index (χ2n) is 7.14. The van der Waals surface area contributed by atoms with E-state index in [1.807, 2.05) is 13.8 Å². The number of ether oxygens (including phenoxy) is 2. The predicted molar refractivity (Wildman–Crippen MR) is 121 cm³/mol. The molecule has 0 saturated carbocycles. The van der Waals surface area contributed by atoms with E-state index in [4.69, 9.17) is 9.47 Å². The number of anilines is 1. The first kappa shape index (κ1) is 25.8. The predicted octanol–water partition coefficient (Wildman–Crippen LogP) is 5.13. The minimum atomic E-state index is -4.51. The summed E-state index contributed by atoms with van der Waals surface area (Å²) in [5.41, 5.74) is 1.70. The summed E-state index contributed by atoms with van der Waals surface area (Å²) in [7, 11) is 0. The fraction of sp³-hybridized carbons (Fsp3) is 0.333. The summed E-state index contributed by atoms with van der Waals surface area (Å²) in [6, 6.07) is 9.59. The average Bonchev–Trinajstić information content (AvgIpc) is 2.76. The van der Waals surface area contributed by atoms with Crippen molar-refractivity contribution in [3.63, 3.8) is 0 Å². The zero-order valence-electron chi connectivity index (χ0n) is 18.7. The van der Waals surface area contributed by atoms with Crippen LogP contribution in [0.25, 0.3) is 6.08 Å². The van der Waals surface area contributed by atoms with Gasteiger partial charge in [0.15, 0.2) is 11.5 Å². The van der Waals surface area contributed by atoms with Crippen molar-refractivity contribution in [2.75, 3.05) is 25.1 Å². The molecule has 0 bridgehead atoms. The van der Waals surface area contributed by atoms with Crippen molar-refractivity contribution in [2.45, 2.75) is 33.4 Å². The van der Waals surface area contributed by atoms with E-state index in [2.05, 4.69) is 5.32 Å². The molecule has 178 valence electrons. The van der Waals surface area contributed by atoms with Crippen LogP contribution in [0.15, 0.2) is 42.5 Å². The summed E-state index contributed by atoms with van der Waals surface area (Å²) in [4.78, 5) is 24.4. The van der Waals surface area contributed by atoms with Crippen molar-refractivity contribution in [1.82, 2.24) is 5.32 Å². The van der Waals surface area contributed by atoms with Crippen molar-refractivity contribution in [3.05, 3.63) is 59.2 Å².